The molecule has 1 amide bonds. The van der Waals surface area contributed by atoms with Crippen molar-refractivity contribution in [2.24, 2.45) is 0 Å². The molecule has 5 nitrogen and oxygen atoms in total. The van der Waals surface area contributed by atoms with Crippen LogP contribution in [0.3, 0.4) is 0 Å². The SMILES string of the molecule is Cc1cc(C(F)(C(F)(F)F)C(F)(F)F)cc(C)c1NC(=O)c1cccc(C(=O)OCc2ccccc2)n1. The Morgan fingerprint density at radius 3 is 1.89 bits per heavy atom. The number of rotatable bonds is 6. The lowest BCUT2D eigenvalue weighted by Gasteiger charge is -2.31. The van der Waals surface area contributed by atoms with Crippen molar-refractivity contribution in [2.75, 3.05) is 5.32 Å². The molecule has 0 aliphatic rings. The monoisotopic (exact) mass is 528 g/mol. The number of nitrogens with zero attached hydrogens (tertiary/aromatic N) is 1. The third-order valence-electron chi connectivity index (χ3n) is 5.35. The summed E-state index contributed by atoms with van der Waals surface area (Å²) in [5.74, 6) is -1.73. The second-order valence-corrected chi connectivity index (χ2v) is 8.06. The largest absolute Gasteiger partial charge is 0.456 e. The first-order valence-electron chi connectivity index (χ1n) is 10.6. The van der Waals surface area contributed by atoms with Gasteiger partial charge in [0.05, 0.1) is 0 Å². The zero-order chi connectivity index (χ0) is 27.6. The molecule has 12 heteroatoms. The summed E-state index contributed by atoms with van der Waals surface area (Å²) in [7, 11) is 0. The number of amides is 1. The third-order valence-corrected chi connectivity index (χ3v) is 5.35. The Hall–Kier alpha value is -3.96. The van der Waals surface area contributed by atoms with Gasteiger partial charge in [0.1, 0.15) is 18.0 Å². The summed E-state index contributed by atoms with van der Waals surface area (Å²) in [6.07, 6.45) is -12.5. The highest BCUT2D eigenvalue weighted by Gasteiger charge is 2.73. The number of ether oxygens (including phenoxy) is 1. The van der Waals surface area contributed by atoms with Gasteiger partial charge in [0.25, 0.3) is 5.91 Å². The van der Waals surface area contributed by atoms with Crippen molar-refractivity contribution in [1.29, 1.82) is 0 Å². The molecule has 0 radical (unpaired) electrons. The highest BCUT2D eigenvalue weighted by atomic mass is 19.4. The fraction of sp³-hybridized carbons (Fsp3) is 0.240. The number of carbonyl (C=O) groups excluding carboxylic acids is 2. The maximum atomic E-state index is 14.5. The highest BCUT2D eigenvalue weighted by molar-refractivity contribution is 6.04. The number of carbonyl (C=O) groups is 2. The second-order valence-electron chi connectivity index (χ2n) is 8.06. The first-order valence-corrected chi connectivity index (χ1v) is 10.6. The summed E-state index contributed by atoms with van der Waals surface area (Å²) < 4.78 is 98.4. The normalized spacial score (nSPS) is 12.2. The number of halogens is 7. The number of hydrogen-bond donors (Lipinski definition) is 1. The van der Waals surface area contributed by atoms with E-state index in [1.807, 2.05) is 0 Å². The van der Waals surface area contributed by atoms with E-state index >= 15 is 0 Å². The lowest BCUT2D eigenvalue weighted by molar-refractivity contribution is -0.348. The summed E-state index contributed by atoms with van der Waals surface area (Å²) >= 11 is 0. The molecular formula is C25H19F7N2O3. The first kappa shape index (κ1) is 27.6. The van der Waals surface area contributed by atoms with Gasteiger partial charge in [0.2, 0.25) is 0 Å². The predicted octanol–water partition coefficient (Wildman–Crippen LogP) is 6.60. The standard InChI is InChI=1S/C25H19F7N2O3/c1-14-11-17(23(26,24(27,28)29)25(30,31)32)12-15(2)20(14)34-21(35)18-9-6-10-19(33-18)22(36)37-13-16-7-4-3-5-8-16/h3-12H,13H2,1-2H3,(H,34,35). The number of benzene rings is 2. The summed E-state index contributed by atoms with van der Waals surface area (Å²) in [4.78, 5) is 28.9. The molecule has 0 atom stereocenters. The molecule has 0 aliphatic carbocycles. The Balaban J connectivity index is 1.83. The van der Waals surface area contributed by atoms with Crippen molar-refractivity contribution in [1.82, 2.24) is 4.98 Å². The van der Waals surface area contributed by atoms with Crippen molar-refractivity contribution in [3.63, 3.8) is 0 Å². The molecule has 0 saturated carbocycles. The van der Waals surface area contributed by atoms with E-state index < -0.39 is 35.5 Å². The predicted molar refractivity (Wildman–Crippen MR) is 119 cm³/mol. The van der Waals surface area contributed by atoms with Crippen molar-refractivity contribution in [3.05, 3.63) is 94.3 Å². The van der Waals surface area contributed by atoms with Crippen LogP contribution >= 0.6 is 0 Å². The van der Waals surface area contributed by atoms with Crippen LogP contribution in [0.2, 0.25) is 0 Å². The van der Waals surface area contributed by atoms with Crippen LogP contribution in [0.1, 0.15) is 43.2 Å². The molecule has 0 saturated heterocycles. The second kappa shape index (κ2) is 10.2. The van der Waals surface area contributed by atoms with Gasteiger partial charge < -0.3 is 10.1 Å². The summed E-state index contributed by atoms with van der Waals surface area (Å²) in [6.45, 7) is 2.18. The van der Waals surface area contributed by atoms with E-state index in [4.69, 9.17) is 4.74 Å². The quantitative estimate of drug-likeness (QED) is 0.289. The molecule has 0 unspecified atom stereocenters. The molecule has 1 N–H and O–H groups in total. The number of nitrogens with one attached hydrogen (secondary N) is 1. The fourth-order valence-electron chi connectivity index (χ4n) is 3.50. The maximum Gasteiger partial charge on any atom is 0.435 e. The lowest BCUT2D eigenvalue weighted by atomic mass is 9.90. The average molecular weight is 528 g/mol. The van der Waals surface area contributed by atoms with Crippen LogP contribution in [0.5, 0.6) is 0 Å². The third kappa shape index (κ3) is 5.73. The molecule has 1 heterocycles. The Bertz CT molecular complexity index is 1270. The first-order chi connectivity index (χ1) is 17.1. The molecule has 3 rings (SSSR count). The molecule has 0 fully saturated rings. The van der Waals surface area contributed by atoms with Crippen molar-refractivity contribution in [2.45, 2.75) is 38.5 Å². The smallest absolute Gasteiger partial charge is 0.435 e. The number of alkyl halides is 7. The number of aromatic nitrogens is 1. The van der Waals surface area contributed by atoms with Gasteiger partial charge in [-0.1, -0.05) is 48.5 Å². The van der Waals surface area contributed by atoms with Crippen molar-refractivity contribution in [3.8, 4) is 0 Å². The minimum Gasteiger partial charge on any atom is -0.456 e. The Labute approximate surface area is 206 Å². The van der Waals surface area contributed by atoms with Gasteiger partial charge >= 0.3 is 24.0 Å². The topological polar surface area (TPSA) is 68.3 Å². The van der Waals surface area contributed by atoms with E-state index in [1.54, 1.807) is 30.3 Å². The van der Waals surface area contributed by atoms with E-state index in [-0.39, 0.29) is 34.8 Å². The molecule has 37 heavy (non-hydrogen) atoms. The number of pyridine rings is 1. The molecule has 1 aromatic heterocycles. The van der Waals surface area contributed by atoms with Crippen LogP contribution in [0.4, 0.5) is 36.4 Å². The van der Waals surface area contributed by atoms with Gasteiger partial charge in [-0.25, -0.2) is 14.2 Å². The zero-order valence-corrected chi connectivity index (χ0v) is 19.3. The fourth-order valence-corrected chi connectivity index (χ4v) is 3.50. The van der Waals surface area contributed by atoms with Crippen LogP contribution in [-0.4, -0.2) is 29.2 Å². The highest BCUT2D eigenvalue weighted by Crippen LogP contribution is 2.53. The average Bonchev–Trinajstić information content (AvgIpc) is 2.83. The van der Waals surface area contributed by atoms with Crippen LogP contribution < -0.4 is 5.32 Å². The van der Waals surface area contributed by atoms with Gasteiger partial charge in [-0.15, -0.1) is 0 Å². The molecule has 0 spiro atoms. The number of hydrogen-bond acceptors (Lipinski definition) is 4. The molecule has 3 aromatic rings. The minimum atomic E-state index is -6.27. The minimum absolute atomic E-state index is 0.0472. The van der Waals surface area contributed by atoms with Crippen molar-refractivity contribution >= 4 is 17.6 Å². The Kier molecular flexibility index (Phi) is 7.61. The summed E-state index contributed by atoms with van der Waals surface area (Å²) in [5, 5.41) is 2.34. The lowest BCUT2D eigenvalue weighted by Crippen LogP contribution is -2.50. The van der Waals surface area contributed by atoms with Crippen LogP contribution in [0.15, 0.2) is 60.7 Å². The van der Waals surface area contributed by atoms with E-state index in [9.17, 15) is 40.3 Å². The Morgan fingerprint density at radius 2 is 1.35 bits per heavy atom. The number of anilines is 1. The van der Waals surface area contributed by atoms with Gasteiger partial charge in [0, 0.05) is 11.3 Å². The van der Waals surface area contributed by atoms with E-state index in [1.165, 1.54) is 18.2 Å². The molecule has 2 aromatic carbocycles. The number of esters is 1. The van der Waals surface area contributed by atoms with E-state index in [0.717, 1.165) is 13.8 Å². The van der Waals surface area contributed by atoms with E-state index in [0.29, 0.717) is 17.7 Å². The van der Waals surface area contributed by atoms with Crippen LogP contribution in [-0.2, 0) is 17.0 Å². The van der Waals surface area contributed by atoms with Crippen LogP contribution in [0, 0.1) is 13.8 Å². The van der Waals surface area contributed by atoms with Gasteiger partial charge in [-0.05, 0) is 42.7 Å². The molecular weight excluding hydrogens is 509 g/mol. The number of aryl methyl sites for hydroxylation is 2. The molecule has 0 aliphatic heterocycles. The zero-order valence-electron chi connectivity index (χ0n) is 19.3. The summed E-state index contributed by atoms with van der Waals surface area (Å²) in [6, 6.07) is 13.4. The molecule has 196 valence electrons. The maximum absolute atomic E-state index is 14.5. The molecule has 0 bridgehead atoms. The summed E-state index contributed by atoms with van der Waals surface area (Å²) in [5.41, 5.74) is -7.68. The van der Waals surface area contributed by atoms with Gasteiger partial charge in [-0.3, -0.25) is 4.79 Å². The van der Waals surface area contributed by atoms with Gasteiger partial charge in [-0.2, -0.15) is 26.3 Å². The van der Waals surface area contributed by atoms with Gasteiger partial charge in [0.15, 0.2) is 0 Å². The Morgan fingerprint density at radius 1 is 0.811 bits per heavy atom. The van der Waals surface area contributed by atoms with Crippen LogP contribution in [0.25, 0.3) is 0 Å². The van der Waals surface area contributed by atoms with Crippen molar-refractivity contribution < 1.29 is 45.1 Å². The van der Waals surface area contributed by atoms with E-state index in [2.05, 4.69) is 10.3 Å².